The van der Waals surface area contributed by atoms with Crippen molar-refractivity contribution in [2.45, 2.75) is 44.6 Å². The summed E-state index contributed by atoms with van der Waals surface area (Å²) in [5, 5.41) is 0. The third-order valence-corrected chi connectivity index (χ3v) is 5.40. The molecule has 0 N–H and O–H groups in total. The van der Waals surface area contributed by atoms with Crippen molar-refractivity contribution in [2.24, 2.45) is 0 Å². The highest BCUT2D eigenvalue weighted by atomic mass is 19.1. The number of likely N-dealkylation sites (tertiary alicyclic amines) is 1. The molecule has 0 aromatic heterocycles. The Labute approximate surface area is 163 Å². The summed E-state index contributed by atoms with van der Waals surface area (Å²) >= 11 is 0. The van der Waals surface area contributed by atoms with Gasteiger partial charge in [0, 0.05) is 29.6 Å². The maximum atomic E-state index is 14.1. The van der Waals surface area contributed by atoms with Gasteiger partial charge in [-0.05, 0) is 70.0 Å². The minimum atomic E-state index is -0.606. The van der Waals surface area contributed by atoms with E-state index in [-0.39, 0.29) is 17.7 Å². The first kappa shape index (κ1) is 18.7. The first-order chi connectivity index (χ1) is 13.2. The van der Waals surface area contributed by atoms with Crippen molar-refractivity contribution >= 4 is 6.09 Å². The summed E-state index contributed by atoms with van der Waals surface area (Å²) in [4.78, 5) is 14.1. The van der Waals surface area contributed by atoms with Crippen molar-refractivity contribution < 1.29 is 23.0 Å². The van der Waals surface area contributed by atoms with E-state index < -0.39 is 11.0 Å². The van der Waals surface area contributed by atoms with Gasteiger partial charge in [0.25, 0.3) is 0 Å². The van der Waals surface area contributed by atoms with Crippen LogP contribution in [0.15, 0.2) is 36.4 Å². The highest BCUT2D eigenvalue weighted by Crippen LogP contribution is 2.53. The molecule has 2 aromatic rings. The average Bonchev–Trinajstić information content (AvgIpc) is 2.62. The minimum absolute atomic E-state index is 0.365. The second-order valence-corrected chi connectivity index (χ2v) is 8.43. The second-order valence-electron chi connectivity index (χ2n) is 8.43. The van der Waals surface area contributed by atoms with Gasteiger partial charge in [-0.1, -0.05) is 0 Å². The molecule has 0 bridgehead atoms. The number of rotatable bonds is 0. The van der Waals surface area contributed by atoms with Crippen LogP contribution < -0.4 is 4.74 Å². The molecule has 2 aliphatic rings. The SMILES string of the molecule is CC(C)(C)OC(=O)N1CCC2(CC1)c1cc(F)ccc1Oc1ccc(F)cc12. The largest absolute Gasteiger partial charge is 0.457 e. The average molecular weight is 387 g/mol. The summed E-state index contributed by atoms with van der Waals surface area (Å²) in [7, 11) is 0. The fourth-order valence-electron chi connectivity index (χ4n) is 4.13. The van der Waals surface area contributed by atoms with Crippen LogP contribution in [0.25, 0.3) is 0 Å². The molecule has 0 aliphatic carbocycles. The molecule has 1 fully saturated rings. The van der Waals surface area contributed by atoms with E-state index in [0.717, 1.165) is 0 Å². The molecule has 0 unspecified atom stereocenters. The molecule has 28 heavy (non-hydrogen) atoms. The Hall–Kier alpha value is -2.63. The molecular weight excluding hydrogens is 364 g/mol. The van der Waals surface area contributed by atoms with E-state index in [9.17, 15) is 13.6 Å². The van der Waals surface area contributed by atoms with Crippen LogP contribution in [0.4, 0.5) is 13.6 Å². The lowest BCUT2D eigenvalue weighted by molar-refractivity contribution is 0.0176. The molecule has 1 amide bonds. The summed E-state index contributed by atoms with van der Waals surface area (Å²) < 4.78 is 39.5. The second kappa shape index (κ2) is 6.47. The highest BCUT2D eigenvalue weighted by molar-refractivity contribution is 5.69. The Bertz CT molecular complexity index is 874. The number of hydrogen-bond acceptors (Lipinski definition) is 3. The molecule has 1 saturated heterocycles. The van der Waals surface area contributed by atoms with Crippen molar-refractivity contribution in [1.29, 1.82) is 0 Å². The molecule has 0 saturated carbocycles. The van der Waals surface area contributed by atoms with Crippen LogP contribution in [0.2, 0.25) is 0 Å². The molecule has 4 rings (SSSR count). The summed E-state index contributed by atoms with van der Waals surface area (Å²) in [6.07, 6.45) is 0.693. The Morgan fingerprint density at radius 1 is 1.00 bits per heavy atom. The van der Waals surface area contributed by atoms with Gasteiger partial charge >= 0.3 is 6.09 Å². The quantitative estimate of drug-likeness (QED) is 0.609. The fraction of sp³-hybridized carbons (Fsp3) is 0.409. The number of benzene rings is 2. The van der Waals surface area contributed by atoms with Crippen LogP contribution in [0, 0.1) is 11.6 Å². The number of halogens is 2. The van der Waals surface area contributed by atoms with Crippen molar-refractivity contribution in [3.8, 4) is 11.5 Å². The monoisotopic (exact) mass is 387 g/mol. The van der Waals surface area contributed by atoms with Crippen molar-refractivity contribution in [2.75, 3.05) is 13.1 Å². The standard InChI is InChI=1S/C22H23F2NO3/c1-21(2,3)28-20(26)25-10-8-22(9-11-25)16-12-14(23)4-6-18(16)27-19-7-5-15(24)13-17(19)22/h4-7,12-13H,8-11H2,1-3H3. The lowest BCUT2D eigenvalue weighted by Gasteiger charge is -2.45. The first-order valence-electron chi connectivity index (χ1n) is 9.44. The number of amides is 1. The van der Waals surface area contributed by atoms with Gasteiger partial charge in [-0.2, -0.15) is 0 Å². The van der Waals surface area contributed by atoms with Gasteiger partial charge in [-0.15, -0.1) is 0 Å². The third kappa shape index (κ3) is 3.21. The number of carbonyl (C=O) groups excluding carboxylic acids is 1. The Kier molecular flexibility index (Phi) is 4.32. The van der Waals surface area contributed by atoms with Gasteiger partial charge in [0.15, 0.2) is 0 Å². The van der Waals surface area contributed by atoms with E-state index in [0.29, 0.717) is 48.6 Å². The Morgan fingerprint density at radius 2 is 1.50 bits per heavy atom. The number of hydrogen-bond donors (Lipinski definition) is 0. The van der Waals surface area contributed by atoms with E-state index >= 15 is 0 Å². The molecule has 1 spiro atoms. The van der Waals surface area contributed by atoms with Crippen LogP contribution >= 0.6 is 0 Å². The lowest BCUT2D eigenvalue weighted by atomic mass is 9.66. The lowest BCUT2D eigenvalue weighted by Crippen LogP contribution is -2.48. The molecule has 2 heterocycles. The number of ether oxygens (including phenoxy) is 2. The maximum absolute atomic E-state index is 14.1. The predicted octanol–water partition coefficient (Wildman–Crippen LogP) is 5.39. The third-order valence-electron chi connectivity index (χ3n) is 5.40. The van der Waals surface area contributed by atoms with Gasteiger partial charge < -0.3 is 14.4 Å². The number of piperidine rings is 1. The zero-order valence-electron chi connectivity index (χ0n) is 16.2. The van der Waals surface area contributed by atoms with Gasteiger partial charge in [0.05, 0.1) is 0 Å². The van der Waals surface area contributed by atoms with E-state index in [2.05, 4.69) is 0 Å². The van der Waals surface area contributed by atoms with E-state index in [4.69, 9.17) is 9.47 Å². The fourth-order valence-corrected chi connectivity index (χ4v) is 4.13. The van der Waals surface area contributed by atoms with Crippen molar-refractivity contribution in [1.82, 2.24) is 4.90 Å². The molecule has 6 heteroatoms. The van der Waals surface area contributed by atoms with Crippen LogP contribution in [-0.2, 0) is 10.2 Å². The number of carbonyl (C=O) groups is 1. The Morgan fingerprint density at radius 3 is 1.96 bits per heavy atom. The Balaban J connectivity index is 1.71. The highest BCUT2D eigenvalue weighted by Gasteiger charge is 2.46. The summed E-state index contributed by atoms with van der Waals surface area (Å²) in [5.74, 6) is 0.421. The topological polar surface area (TPSA) is 38.8 Å². The summed E-state index contributed by atoms with van der Waals surface area (Å²) in [6.45, 7) is 6.34. The predicted molar refractivity (Wildman–Crippen MR) is 101 cm³/mol. The zero-order chi connectivity index (χ0) is 20.1. The zero-order valence-corrected chi connectivity index (χ0v) is 16.2. The molecule has 4 nitrogen and oxygen atoms in total. The van der Waals surface area contributed by atoms with E-state index in [1.54, 1.807) is 17.0 Å². The summed E-state index contributed by atoms with van der Waals surface area (Å²) in [6, 6.07) is 8.87. The molecule has 0 radical (unpaired) electrons. The molecule has 0 atom stereocenters. The molecule has 148 valence electrons. The van der Waals surface area contributed by atoms with Crippen LogP contribution in [0.3, 0.4) is 0 Å². The minimum Gasteiger partial charge on any atom is -0.457 e. The van der Waals surface area contributed by atoms with E-state index in [1.807, 2.05) is 20.8 Å². The smallest absolute Gasteiger partial charge is 0.410 e. The van der Waals surface area contributed by atoms with Crippen LogP contribution in [0.5, 0.6) is 11.5 Å². The molecular formula is C22H23F2NO3. The van der Waals surface area contributed by atoms with Crippen molar-refractivity contribution in [3.63, 3.8) is 0 Å². The van der Waals surface area contributed by atoms with Gasteiger partial charge in [-0.3, -0.25) is 0 Å². The summed E-state index contributed by atoms with van der Waals surface area (Å²) in [5.41, 5.74) is 0.228. The van der Waals surface area contributed by atoms with Crippen LogP contribution in [0.1, 0.15) is 44.7 Å². The first-order valence-corrected chi connectivity index (χ1v) is 9.44. The van der Waals surface area contributed by atoms with Gasteiger partial charge in [0.2, 0.25) is 0 Å². The molecule has 2 aliphatic heterocycles. The van der Waals surface area contributed by atoms with Gasteiger partial charge in [-0.25, -0.2) is 13.6 Å². The number of fused-ring (bicyclic) bond motifs is 4. The normalized spacial score (nSPS) is 17.5. The van der Waals surface area contributed by atoms with Crippen LogP contribution in [-0.4, -0.2) is 29.7 Å². The molecule has 2 aromatic carbocycles. The van der Waals surface area contributed by atoms with E-state index in [1.165, 1.54) is 24.3 Å². The maximum Gasteiger partial charge on any atom is 0.410 e. The van der Waals surface area contributed by atoms with Crippen molar-refractivity contribution in [3.05, 3.63) is 59.2 Å². The number of nitrogens with zero attached hydrogens (tertiary/aromatic N) is 1. The van der Waals surface area contributed by atoms with Gasteiger partial charge in [0.1, 0.15) is 28.7 Å².